The molecule has 4 aromatic rings. The van der Waals surface area contributed by atoms with Gasteiger partial charge in [-0.15, -0.1) is 0 Å². The van der Waals surface area contributed by atoms with E-state index in [4.69, 9.17) is 11.6 Å². The molecule has 2 aromatic carbocycles. The average Bonchev–Trinajstić information content (AvgIpc) is 3.37. The number of carbonyl (C=O) groups excluding carboxylic acids is 3. The number of amides is 3. The van der Waals surface area contributed by atoms with Crippen molar-refractivity contribution in [2.75, 3.05) is 10.2 Å². The van der Waals surface area contributed by atoms with Crippen molar-refractivity contribution in [3.05, 3.63) is 98.2 Å². The van der Waals surface area contributed by atoms with Gasteiger partial charge in [0.1, 0.15) is 17.5 Å². The standard InChI is InChI=1S/C27H19ClN4O5S2/c28-15-3-7-17(8-4-15)32-24(35)21-20(14-2-1-11-29-12-14)23-26(38-22(21)25(32)36)31(27(37)39-23)13-19(34)30-16-5-9-18(33)10-6-16/h1-12,20-22,33H,13H2,(H,30,34). The summed E-state index contributed by atoms with van der Waals surface area (Å²) >= 11 is 8.13. The van der Waals surface area contributed by atoms with Crippen LogP contribution < -0.4 is 15.1 Å². The smallest absolute Gasteiger partial charge is 0.308 e. The van der Waals surface area contributed by atoms with Crippen molar-refractivity contribution < 1.29 is 19.5 Å². The van der Waals surface area contributed by atoms with Gasteiger partial charge in [0.15, 0.2) is 0 Å². The second kappa shape index (κ2) is 9.99. The molecular formula is C27H19ClN4O5S2. The summed E-state index contributed by atoms with van der Waals surface area (Å²) in [4.78, 5) is 59.2. The van der Waals surface area contributed by atoms with Crippen LogP contribution in [0.3, 0.4) is 0 Å². The molecule has 2 aromatic heterocycles. The second-order valence-corrected chi connectivity index (χ2v) is 11.6. The zero-order valence-corrected chi connectivity index (χ0v) is 22.4. The molecule has 0 radical (unpaired) electrons. The van der Waals surface area contributed by atoms with Gasteiger partial charge in [0.05, 0.1) is 16.6 Å². The Hall–Kier alpha value is -3.93. The summed E-state index contributed by atoms with van der Waals surface area (Å²) < 4.78 is 1.35. The molecule has 2 aliphatic rings. The van der Waals surface area contributed by atoms with Gasteiger partial charge in [0.2, 0.25) is 17.7 Å². The molecule has 3 amide bonds. The summed E-state index contributed by atoms with van der Waals surface area (Å²) in [6.45, 7) is -0.279. The summed E-state index contributed by atoms with van der Waals surface area (Å²) in [7, 11) is 0. The van der Waals surface area contributed by atoms with Crippen LogP contribution >= 0.6 is 34.7 Å². The van der Waals surface area contributed by atoms with Gasteiger partial charge in [-0.05, 0) is 60.2 Å². The molecule has 1 fully saturated rings. The monoisotopic (exact) mass is 578 g/mol. The maximum Gasteiger partial charge on any atom is 0.308 e. The Morgan fingerprint density at radius 1 is 1.03 bits per heavy atom. The number of nitrogens with zero attached hydrogens (tertiary/aromatic N) is 3. The minimum absolute atomic E-state index is 0.0620. The Morgan fingerprint density at radius 2 is 1.77 bits per heavy atom. The molecule has 0 saturated carbocycles. The van der Waals surface area contributed by atoms with Gasteiger partial charge in [-0.25, -0.2) is 4.90 Å². The lowest BCUT2D eigenvalue weighted by molar-refractivity contribution is -0.122. The first-order chi connectivity index (χ1) is 18.8. The zero-order valence-electron chi connectivity index (χ0n) is 20.0. The number of anilines is 2. The molecule has 0 bridgehead atoms. The van der Waals surface area contributed by atoms with Crippen LogP contribution in [0.1, 0.15) is 16.4 Å². The van der Waals surface area contributed by atoms with E-state index < -0.39 is 28.9 Å². The number of hydrogen-bond acceptors (Lipinski definition) is 8. The van der Waals surface area contributed by atoms with Gasteiger partial charge in [0.25, 0.3) is 0 Å². The van der Waals surface area contributed by atoms with Crippen molar-refractivity contribution in [3.8, 4) is 5.75 Å². The van der Waals surface area contributed by atoms with E-state index in [0.717, 1.165) is 23.1 Å². The van der Waals surface area contributed by atoms with E-state index in [1.165, 1.54) is 21.6 Å². The topological polar surface area (TPSA) is 122 Å². The number of carbonyl (C=O) groups is 3. The van der Waals surface area contributed by atoms with Gasteiger partial charge in [-0.2, -0.15) is 0 Å². The van der Waals surface area contributed by atoms with Gasteiger partial charge >= 0.3 is 4.87 Å². The third kappa shape index (κ3) is 4.52. The van der Waals surface area contributed by atoms with Crippen LogP contribution in [0, 0.1) is 5.92 Å². The van der Waals surface area contributed by atoms with E-state index in [1.54, 1.807) is 54.9 Å². The number of aromatic hydroxyl groups is 1. The highest BCUT2D eigenvalue weighted by Crippen LogP contribution is 2.53. The Kier molecular flexibility index (Phi) is 6.49. The van der Waals surface area contributed by atoms with Crippen molar-refractivity contribution in [2.45, 2.75) is 22.7 Å². The molecule has 3 unspecified atom stereocenters. The van der Waals surface area contributed by atoms with Gasteiger partial charge in [0, 0.05) is 33.9 Å². The minimum atomic E-state index is -0.800. The van der Waals surface area contributed by atoms with E-state index in [9.17, 15) is 24.3 Å². The molecule has 9 nitrogen and oxygen atoms in total. The Balaban J connectivity index is 1.39. The summed E-state index contributed by atoms with van der Waals surface area (Å²) in [5.41, 5.74) is 1.59. The Bertz CT molecular complexity index is 1650. The largest absolute Gasteiger partial charge is 0.508 e. The Labute approximate surface area is 235 Å². The zero-order chi connectivity index (χ0) is 27.3. The van der Waals surface area contributed by atoms with Gasteiger partial charge < -0.3 is 10.4 Å². The second-order valence-electron chi connectivity index (χ2n) is 9.04. The van der Waals surface area contributed by atoms with Crippen LogP contribution in [0.25, 0.3) is 0 Å². The summed E-state index contributed by atoms with van der Waals surface area (Å²) in [5, 5.41) is 12.4. The van der Waals surface area contributed by atoms with Crippen LogP contribution in [0.2, 0.25) is 5.02 Å². The minimum Gasteiger partial charge on any atom is -0.508 e. The lowest BCUT2D eigenvalue weighted by atomic mass is 9.84. The molecule has 2 aliphatic heterocycles. The molecule has 12 heteroatoms. The summed E-state index contributed by atoms with van der Waals surface area (Å²) in [6, 6.07) is 16.0. The molecule has 0 aliphatic carbocycles. The number of rotatable bonds is 5. The number of benzene rings is 2. The number of phenols is 1. The average molecular weight is 579 g/mol. The highest BCUT2D eigenvalue weighted by molar-refractivity contribution is 8.00. The third-order valence-corrected chi connectivity index (χ3v) is 9.49. The van der Waals surface area contributed by atoms with E-state index in [2.05, 4.69) is 10.3 Å². The normalized spacial score (nSPS) is 20.0. The molecule has 4 heterocycles. The number of nitrogens with one attached hydrogen (secondary N) is 1. The van der Waals surface area contributed by atoms with Gasteiger partial charge in [-0.1, -0.05) is 40.8 Å². The number of pyridine rings is 1. The Morgan fingerprint density at radius 3 is 2.46 bits per heavy atom. The van der Waals surface area contributed by atoms with Crippen molar-refractivity contribution in [3.63, 3.8) is 0 Å². The van der Waals surface area contributed by atoms with Crippen LogP contribution in [0.4, 0.5) is 11.4 Å². The molecular weight excluding hydrogens is 560 g/mol. The van der Waals surface area contributed by atoms with Crippen molar-refractivity contribution in [2.24, 2.45) is 5.92 Å². The lowest BCUT2D eigenvalue weighted by Crippen LogP contribution is -2.33. The number of halogens is 1. The molecule has 6 rings (SSSR count). The predicted molar refractivity (Wildman–Crippen MR) is 148 cm³/mol. The quantitative estimate of drug-likeness (QED) is 0.270. The van der Waals surface area contributed by atoms with Crippen molar-refractivity contribution in [1.29, 1.82) is 0 Å². The van der Waals surface area contributed by atoms with E-state index in [1.807, 2.05) is 6.07 Å². The molecule has 2 N–H and O–H groups in total. The van der Waals surface area contributed by atoms with E-state index in [0.29, 0.717) is 31.9 Å². The van der Waals surface area contributed by atoms with Crippen LogP contribution in [0.15, 0.2) is 82.9 Å². The lowest BCUT2D eigenvalue weighted by Gasteiger charge is -2.30. The van der Waals surface area contributed by atoms with E-state index >= 15 is 0 Å². The molecule has 1 saturated heterocycles. The molecule has 39 heavy (non-hydrogen) atoms. The molecule has 196 valence electrons. The summed E-state index contributed by atoms with van der Waals surface area (Å²) in [6.07, 6.45) is 3.25. The number of hydrogen-bond donors (Lipinski definition) is 2. The third-order valence-electron chi connectivity index (χ3n) is 6.63. The SMILES string of the molecule is O=C(Cn1c2c(sc1=O)C(c1cccnc1)C1C(=O)N(c3ccc(Cl)cc3)C(=O)C1S2)Nc1ccc(O)cc1. The maximum atomic E-state index is 13.8. The fourth-order valence-electron chi connectivity index (χ4n) is 4.91. The van der Waals surface area contributed by atoms with Crippen LogP contribution in [0.5, 0.6) is 5.75 Å². The fourth-order valence-corrected chi connectivity index (χ4v) is 7.81. The van der Waals surface area contributed by atoms with Crippen LogP contribution in [-0.4, -0.2) is 37.6 Å². The molecule has 0 spiro atoms. The fraction of sp³-hybridized carbons (Fsp3) is 0.148. The van der Waals surface area contributed by atoms with Crippen LogP contribution in [-0.2, 0) is 20.9 Å². The number of thiazole rings is 1. The first kappa shape index (κ1) is 25.4. The number of imide groups is 1. The summed E-state index contributed by atoms with van der Waals surface area (Å²) in [5.74, 6) is -2.49. The van der Waals surface area contributed by atoms with Gasteiger partial charge in [-0.3, -0.25) is 28.7 Å². The number of thioether (sulfide) groups is 1. The van der Waals surface area contributed by atoms with E-state index in [-0.39, 0.29) is 23.1 Å². The number of phenolic OH excluding ortho intramolecular Hbond substituents is 1. The first-order valence-electron chi connectivity index (χ1n) is 11.8. The molecule has 3 atom stereocenters. The maximum absolute atomic E-state index is 13.8. The highest BCUT2D eigenvalue weighted by Gasteiger charge is 2.56. The number of fused-ring (bicyclic) bond motifs is 2. The highest BCUT2D eigenvalue weighted by atomic mass is 35.5. The van der Waals surface area contributed by atoms with Crippen molar-refractivity contribution >= 4 is 63.8 Å². The first-order valence-corrected chi connectivity index (χ1v) is 13.9. The predicted octanol–water partition coefficient (Wildman–Crippen LogP) is 4.10. The van der Waals surface area contributed by atoms with Crippen molar-refractivity contribution in [1.82, 2.24) is 9.55 Å². The number of aromatic nitrogens is 2.